The zero-order valence-corrected chi connectivity index (χ0v) is 13.6. The average molecular weight is 311 g/mol. The molecule has 0 saturated carbocycles. The number of rotatable bonds is 5. The summed E-state index contributed by atoms with van der Waals surface area (Å²) in [6, 6.07) is 6.38. The maximum atomic E-state index is 12.6. The number of esters is 1. The fourth-order valence-electron chi connectivity index (χ4n) is 2.22. The van der Waals surface area contributed by atoms with Crippen LogP contribution in [0.4, 0.5) is 0 Å². The first kappa shape index (κ1) is 17.4. The van der Waals surface area contributed by atoms with Crippen LogP contribution in [0.5, 0.6) is 0 Å². The Morgan fingerprint density at radius 3 is 2.10 bits per heavy atom. The topological polar surface area (TPSA) is 60.4 Å². The molecule has 0 saturated heterocycles. The van der Waals surface area contributed by atoms with Crippen molar-refractivity contribution < 1.29 is 19.1 Å². The van der Waals surface area contributed by atoms with Gasteiger partial charge in [-0.25, -0.2) is 0 Å². The van der Waals surface area contributed by atoms with Crippen LogP contribution in [-0.2, 0) is 14.3 Å². The van der Waals surface area contributed by atoms with Crippen LogP contribution in [0.3, 0.4) is 0 Å². The molecule has 0 spiro atoms. The number of carbonyl (C=O) groups is 3. The van der Waals surface area contributed by atoms with Crippen LogP contribution in [0.2, 0.25) is 5.02 Å². The molecule has 0 atom stereocenters. The van der Waals surface area contributed by atoms with Gasteiger partial charge in [0, 0.05) is 10.6 Å². The van der Waals surface area contributed by atoms with Crippen molar-refractivity contribution in [2.45, 2.75) is 27.7 Å². The zero-order valence-electron chi connectivity index (χ0n) is 12.8. The number of carbonyl (C=O) groups excluding carboxylic acids is 3. The van der Waals surface area contributed by atoms with Crippen molar-refractivity contribution in [3.8, 4) is 0 Å². The van der Waals surface area contributed by atoms with Gasteiger partial charge in [0.15, 0.2) is 11.6 Å². The molecule has 0 aliphatic heterocycles. The maximum absolute atomic E-state index is 12.6. The molecule has 5 heteroatoms. The minimum absolute atomic E-state index is 0.335. The highest BCUT2D eigenvalue weighted by Gasteiger charge is 2.48. The molecule has 0 N–H and O–H groups in total. The summed E-state index contributed by atoms with van der Waals surface area (Å²) in [7, 11) is 1.21. The molecule has 0 bridgehead atoms. The van der Waals surface area contributed by atoms with E-state index in [-0.39, 0.29) is 5.78 Å². The van der Waals surface area contributed by atoms with Gasteiger partial charge in [0.05, 0.1) is 12.5 Å². The van der Waals surface area contributed by atoms with Gasteiger partial charge in [-0.15, -0.1) is 0 Å². The van der Waals surface area contributed by atoms with Gasteiger partial charge < -0.3 is 4.74 Å². The van der Waals surface area contributed by atoms with Crippen molar-refractivity contribution in [2.75, 3.05) is 7.11 Å². The minimum Gasteiger partial charge on any atom is -0.468 e. The van der Waals surface area contributed by atoms with Crippen LogP contribution >= 0.6 is 11.6 Å². The molecule has 0 aromatic heterocycles. The van der Waals surface area contributed by atoms with E-state index >= 15 is 0 Å². The SMILES string of the molecule is COC(=O)C(C)(C)C(=O)C(C)(C)C(=O)c1cccc(Cl)c1. The monoisotopic (exact) mass is 310 g/mol. The van der Waals surface area contributed by atoms with Crippen molar-refractivity contribution in [1.29, 1.82) is 0 Å². The third-order valence-electron chi connectivity index (χ3n) is 3.49. The first-order chi connectivity index (χ1) is 9.55. The smallest absolute Gasteiger partial charge is 0.318 e. The zero-order chi connectivity index (χ0) is 16.4. The Morgan fingerprint density at radius 2 is 1.62 bits per heavy atom. The largest absolute Gasteiger partial charge is 0.468 e. The molecule has 0 radical (unpaired) electrons. The number of hydrogen-bond acceptors (Lipinski definition) is 4. The summed E-state index contributed by atoms with van der Waals surface area (Å²) >= 11 is 5.87. The minimum atomic E-state index is -1.40. The highest BCUT2D eigenvalue weighted by Crippen LogP contribution is 2.33. The van der Waals surface area contributed by atoms with E-state index in [1.165, 1.54) is 40.9 Å². The number of ether oxygens (including phenoxy) is 1. The van der Waals surface area contributed by atoms with Crippen molar-refractivity contribution in [3.63, 3.8) is 0 Å². The van der Waals surface area contributed by atoms with Gasteiger partial charge in [-0.2, -0.15) is 0 Å². The van der Waals surface area contributed by atoms with Gasteiger partial charge in [-0.1, -0.05) is 23.7 Å². The normalized spacial score (nSPS) is 11.9. The van der Waals surface area contributed by atoms with Crippen LogP contribution < -0.4 is 0 Å². The number of benzene rings is 1. The molecular weight excluding hydrogens is 292 g/mol. The number of Topliss-reactive ketones (excluding diaryl/α,β-unsaturated/α-hetero) is 2. The average Bonchev–Trinajstić information content (AvgIpc) is 2.44. The van der Waals surface area contributed by atoms with Gasteiger partial charge in [0.2, 0.25) is 0 Å². The Labute approximate surface area is 129 Å². The number of methoxy groups -OCH3 is 1. The van der Waals surface area contributed by atoms with E-state index in [0.717, 1.165) is 0 Å². The first-order valence-electron chi connectivity index (χ1n) is 6.49. The molecule has 1 aromatic carbocycles. The quantitative estimate of drug-likeness (QED) is 0.475. The van der Waals surface area contributed by atoms with Crippen LogP contribution in [-0.4, -0.2) is 24.6 Å². The Balaban J connectivity index is 3.18. The van der Waals surface area contributed by atoms with Gasteiger partial charge >= 0.3 is 5.97 Å². The summed E-state index contributed by atoms with van der Waals surface area (Å²) in [5.74, 6) is -1.54. The number of halogens is 1. The van der Waals surface area contributed by atoms with Crippen LogP contribution in [0.1, 0.15) is 38.1 Å². The van der Waals surface area contributed by atoms with E-state index in [2.05, 4.69) is 4.74 Å². The molecule has 1 aromatic rings. The molecule has 0 aliphatic rings. The van der Waals surface area contributed by atoms with E-state index in [1.807, 2.05) is 0 Å². The van der Waals surface area contributed by atoms with Gasteiger partial charge in [-0.05, 0) is 39.8 Å². The predicted octanol–water partition coefficient (Wildman–Crippen LogP) is 3.32. The second kappa shape index (κ2) is 5.98. The fraction of sp³-hybridized carbons (Fsp3) is 0.438. The van der Waals surface area contributed by atoms with Crippen LogP contribution in [0.15, 0.2) is 24.3 Å². The van der Waals surface area contributed by atoms with Crippen molar-refractivity contribution >= 4 is 29.1 Å². The molecule has 0 amide bonds. The lowest BCUT2D eigenvalue weighted by molar-refractivity contribution is -0.157. The first-order valence-corrected chi connectivity index (χ1v) is 6.86. The Kier molecular flexibility index (Phi) is 4.95. The Morgan fingerprint density at radius 1 is 1.05 bits per heavy atom. The Bertz CT molecular complexity index is 588. The van der Waals surface area contributed by atoms with Gasteiger partial charge in [0.1, 0.15) is 5.41 Å². The van der Waals surface area contributed by atoms with E-state index in [9.17, 15) is 14.4 Å². The second-order valence-corrected chi connectivity index (χ2v) is 6.35. The van der Waals surface area contributed by atoms with E-state index in [1.54, 1.807) is 18.2 Å². The van der Waals surface area contributed by atoms with Gasteiger partial charge in [-0.3, -0.25) is 14.4 Å². The molecule has 0 heterocycles. The van der Waals surface area contributed by atoms with Gasteiger partial charge in [0.25, 0.3) is 0 Å². The lowest BCUT2D eigenvalue weighted by Gasteiger charge is -2.30. The molecular formula is C16H19ClO4. The van der Waals surface area contributed by atoms with Crippen molar-refractivity contribution in [1.82, 2.24) is 0 Å². The van der Waals surface area contributed by atoms with Crippen LogP contribution in [0, 0.1) is 10.8 Å². The summed E-state index contributed by atoms with van der Waals surface area (Å²) in [4.78, 5) is 37.0. The summed E-state index contributed by atoms with van der Waals surface area (Å²) < 4.78 is 4.64. The van der Waals surface area contributed by atoms with E-state index < -0.39 is 22.6 Å². The summed E-state index contributed by atoms with van der Waals surface area (Å²) in [6.45, 7) is 5.91. The van der Waals surface area contributed by atoms with E-state index in [4.69, 9.17) is 11.6 Å². The standard InChI is InChI=1S/C16H19ClO4/c1-15(2,13(19)16(3,4)14(20)21-5)12(18)10-7-6-8-11(17)9-10/h6-9H,1-5H3. The number of ketones is 2. The van der Waals surface area contributed by atoms with Crippen LogP contribution in [0.25, 0.3) is 0 Å². The lowest BCUT2D eigenvalue weighted by atomic mass is 9.70. The van der Waals surface area contributed by atoms with Crippen molar-refractivity contribution in [3.05, 3.63) is 34.9 Å². The fourth-order valence-corrected chi connectivity index (χ4v) is 2.41. The maximum Gasteiger partial charge on any atom is 0.318 e. The Hall–Kier alpha value is -1.68. The number of hydrogen-bond donors (Lipinski definition) is 0. The molecule has 4 nitrogen and oxygen atoms in total. The second-order valence-electron chi connectivity index (χ2n) is 5.91. The molecule has 1 rings (SSSR count). The molecule has 0 fully saturated rings. The summed E-state index contributed by atoms with van der Waals surface area (Å²) in [5.41, 5.74) is -2.42. The lowest BCUT2D eigenvalue weighted by Crippen LogP contribution is -2.46. The molecule has 0 aliphatic carbocycles. The van der Waals surface area contributed by atoms with Crippen molar-refractivity contribution in [2.24, 2.45) is 10.8 Å². The molecule has 114 valence electrons. The van der Waals surface area contributed by atoms with E-state index in [0.29, 0.717) is 10.6 Å². The third-order valence-corrected chi connectivity index (χ3v) is 3.72. The predicted molar refractivity (Wildman–Crippen MR) is 80.4 cm³/mol. The third kappa shape index (κ3) is 3.32. The molecule has 0 unspecified atom stereocenters. The highest BCUT2D eigenvalue weighted by atomic mass is 35.5. The highest BCUT2D eigenvalue weighted by molar-refractivity contribution is 6.31. The summed E-state index contributed by atoms with van der Waals surface area (Å²) in [5, 5.41) is 0.413. The molecule has 21 heavy (non-hydrogen) atoms. The summed E-state index contributed by atoms with van der Waals surface area (Å²) in [6.07, 6.45) is 0.